The highest BCUT2D eigenvalue weighted by Gasteiger charge is 2.34. The highest BCUT2D eigenvalue weighted by atomic mass is 16.5. The van der Waals surface area contributed by atoms with E-state index >= 15 is 0 Å². The quantitative estimate of drug-likeness (QED) is 0.225. The van der Waals surface area contributed by atoms with Crippen LogP contribution in [0.15, 0.2) is 53.5 Å². The molecule has 2 aromatic rings. The second-order valence-corrected chi connectivity index (χ2v) is 9.16. The number of nitrogens with one attached hydrogen (secondary N) is 2. The molecule has 4 atom stereocenters. The lowest BCUT2D eigenvalue weighted by Crippen LogP contribution is -2.51. The van der Waals surface area contributed by atoms with E-state index in [0.29, 0.717) is 29.9 Å². The van der Waals surface area contributed by atoms with Gasteiger partial charge in [0.2, 0.25) is 11.8 Å². The summed E-state index contributed by atoms with van der Waals surface area (Å²) in [5, 5.41) is 24.9. The van der Waals surface area contributed by atoms with Crippen LogP contribution in [-0.4, -0.2) is 66.4 Å². The zero-order valence-electron chi connectivity index (χ0n) is 21.4. The number of carbonyl (C=O) groups excluding carboxylic acids is 2. The van der Waals surface area contributed by atoms with Crippen LogP contribution in [0.1, 0.15) is 30.4 Å². The fraction of sp³-hybridized carbons (Fsp3) is 0.407. The number of methoxy groups -OCH3 is 2. The molecule has 11 heteroatoms. The Labute approximate surface area is 221 Å². The highest BCUT2D eigenvalue weighted by molar-refractivity contribution is 5.98. The van der Waals surface area contributed by atoms with Crippen molar-refractivity contribution in [3.05, 3.63) is 59.7 Å². The van der Waals surface area contributed by atoms with Crippen molar-refractivity contribution in [2.75, 3.05) is 14.2 Å². The van der Waals surface area contributed by atoms with Crippen molar-refractivity contribution < 1.29 is 34.1 Å². The number of aliphatic hydroxyl groups excluding tert-OH is 1. The predicted molar refractivity (Wildman–Crippen MR) is 140 cm³/mol. The van der Waals surface area contributed by atoms with Crippen LogP contribution in [0.4, 0.5) is 0 Å². The van der Waals surface area contributed by atoms with Crippen molar-refractivity contribution in [2.45, 2.75) is 50.3 Å². The number of carbonyl (C=O) groups is 3. The Morgan fingerprint density at radius 2 is 1.76 bits per heavy atom. The van der Waals surface area contributed by atoms with Gasteiger partial charge in [-0.1, -0.05) is 36.4 Å². The van der Waals surface area contributed by atoms with Crippen LogP contribution in [0.3, 0.4) is 0 Å². The highest BCUT2D eigenvalue weighted by Crippen LogP contribution is 2.28. The van der Waals surface area contributed by atoms with Crippen molar-refractivity contribution in [1.82, 2.24) is 10.6 Å². The maximum atomic E-state index is 13.2. The molecule has 1 fully saturated rings. The molecule has 204 valence electrons. The van der Waals surface area contributed by atoms with Crippen LogP contribution in [0.25, 0.3) is 0 Å². The standard InChI is InChI=1S/C27H34N4O7/c1-37-22-11-8-17(13-23(22)38-2)14-24(33)31-27(28)30-20(12-16-6-4-3-5-7-16)25(34)29-19-10-9-18(26(35)36)15-21(19)32/h3-8,11,13,18-21,32H,9-10,12,14-15H2,1-2H3,(H,29,34)(H,35,36)(H3,28,30,31,33)/t18-,19-,20+,21-/m0/s1. The number of carboxylic acids is 1. The van der Waals surface area contributed by atoms with Crippen LogP contribution in [0.5, 0.6) is 11.5 Å². The van der Waals surface area contributed by atoms with Crippen molar-refractivity contribution >= 4 is 23.7 Å². The summed E-state index contributed by atoms with van der Waals surface area (Å²) in [5.74, 6) is -1.72. The predicted octanol–water partition coefficient (Wildman–Crippen LogP) is 1.02. The summed E-state index contributed by atoms with van der Waals surface area (Å²) in [6, 6.07) is 12.7. The number of amides is 2. The first kappa shape index (κ1) is 28.5. The first-order valence-electron chi connectivity index (χ1n) is 12.3. The van der Waals surface area contributed by atoms with E-state index in [1.165, 1.54) is 14.2 Å². The molecule has 3 rings (SSSR count). The third-order valence-electron chi connectivity index (χ3n) is 6.44. The van der Waals surface area contributed by atoms with Crippen molar-refractivity contribution in [1.29, 1.82) is 0 Å². The maximum Gasteiger partial charge on any atom is 0.306 e. The Bertz CT molecular complexity index is 1160. The van der Waals surface area contributed by atoms with E-state index in [1.807, 2.05) is 30.3 Å². The fourth-order valence-corrected chi connectivity index (χ4v) is 4.42. The molecule has 2 aromatic carbocycles. The molecule has 1 aliphatic rings. The molecule has 6 N–H and O–H groups in total. The van der Waals surface area contributed by atoms with Crippen molar-refractivity contribution in [2.24, 2.45) is 16.6 Å². The van der Waals surface area contributed by atoms with Gasteiger partial charge in [0.15, 0.2) is 17.5 Å². The Morgan fingerprint density at radius 1 is 1.05 bits per heavy atom. The lowest BCUT2D eigenvalue weighted by atomic mass is 9.84. The molecule has 0 aromatic heterocycles. The molecule has 0 radical (unpaired) electrons. The molecule has 0 spiro atoms. The van der Waals surface area contributed by atoms with Gasteiger partial charge >= 0.3 is 5.97 Å². The fourth-order valence-electron chi connectivity index (χ4n) is 4.42. The van der Waals surface area contributed by atoms with E-state index in [9.17, 15) is 24.6 Å². The summed E-state index contributed by atoms with van der Waals surface area (Å²) in [7, 11) is 3.02. The summed E-state index contributed by atoms with van der Waals surface area (Å²) in [6.45, 7) is 0. The third kappa shape index (κ3) is 7.94. The first-order chi connectivity index (χ1) is 18.2. The van der Waals surface area contributed by atoms with E-state index in [2.05, 4.69) is 15.6 Å². The molecule has 1 aliphatic carbocycles. The van der Waals surface area contributed by atoms with Gasteiger partial charge in [-0.25, -0.2) is 4.99 Å². The average Bonchev–Trinajstić information content (AvgIpc) is 2.89. The van der Waals surface area contributed by atoms with Crippen LogP contribution < -0.4 is 25.8 Å². The summed E-state index contributed by atoms with van der Waals surface area (Å²) < 4.78 is 10.5. The summed E-state index contributed by atoms with van der Waals surface area (Å²) in [5.41, 5.74) is 7.51. The number of nitrogens with two attached hydrogens (primary N) is 1. The number of aliphatic hydroxyl groups is 1. The van der Waals surface area contributed by atoms with Crippen LogP contribution in [0, 0.1) is 5.92 Å². The number of benzene rings is 2. The Hall–Kier alpha value is -4.12. The van der Waals surface area contributed by atoms with E-state index in [4.69, 9.17) is 15.2 Å². The number of nitrogens with zero attached hydrogens (tertiary/aromatic N) is 1. The van der Waals surface area contributed by atoms with Gasteiger partial charge in [0.1, 0.15) is 6.04 Å². The summed E-state index contributed by atoms with van der Waals surface area (Å²) in [4.78, 5) is 41.3. The monoisotopic (exact) mass is 526 g/mol. The zero-order valence-corrected chi connectivity index (χ0v) is 21.4. The van der Waals surface area contributed by atoms with Gasteiger partial charge in [0.25, 0.3) is 0 Å². The van der Waals surface area contributed by atoms with Crippen molar-refractivity contribution in [3.8, 4) is 11.5 Å². The lowest BCUT2D eigenvalue weighted by molar-refractivity contribution is -0.144. The molecule has 2 amide bonds. The molecule has 11 nitrogen and oxygen atoms in total. The van der Waals surface area contributed by atoms with Gasteiger partial charge in [-0.2, -0.15) is 0 Å². The molecule has 0 bridgehead atoms. The van der Waals surface area contributed by atoms with Crippen LogP contribution in [0.2, 0.25) is 0 Å². The second-order valence-electron chi connectivity index (χ2n) is 9.16. The second kappa shape index (κ2) is 13.4. The SMILES string of the molecule is COc1ccc(CC(=O)NC(N)=N[C@H](Cc2ccccc2)C(=O)N[C@H]2CC[C@H](C(=O)O)C[C@@H]2O)cc1OC. The Kier molecular flexibility index (Phi) is 10.1. The van der Waals surface area contributed by atoms with E-state index < -0.39 is 41.9 Å². The van der Waals surface area contributed by atoms with Gasteiger partial charge in [-0.05, 0) is 42.5 Å². The summed E-state index contributed by atoms with van der Waals surface area (Å²) >= 11 is 0. The van der Waals surface area contributed by atoms with Crippen LogP contribution >= 0.6 is 0 Å². The normalized spacial score (nSPS) is 20.2. The Morgan fingerprint density at radius 3 is 2.39 bits per heavy atom. The number of carboxylic acid groups (broad SMARTS) is 1. The summed E-state index contributed by atoms with van der Waals surface area (Å²) in [6.07, 6.45) is -0.0680. The van der Waals surface area contributed by atoms with E-state index in [1.54, 1.807) is 18.2 Å². The first-order valence-corrected chi connectivity index (χ1v) is 12.3. The van der Waals surface area contributed by atoms with Gasteiger partial charge in [-0.15, -0.1) is 0 Å². The molecular weight excluding hydrogens is 492 g/mol. The lowest BCUT2D eigenvalue weighted by Gasteiger charge is -2.32. The number of aliphatic carboxylic acids is 1. The zero-order chi connectivity index (χ0) is 27.7. The smallest absolute Gasteiger partial charge is 0.306 e. The van der Waals surface area contributed by atoms with Gasteiger partial charge in [0, 0.05) is 6.42 Å². The number of hydrogen-bond donors (Lipinski definition) is 5. The molecule has 1 saturated carbocycles. The molecular formula is C27H34N4O7. The van der Waals surface area contributed by atoms with Gasteiger partial charge < -0.3 is 30.7 Å². The number of guanidine groups is 1. The number of hydrogen-bond acceptors (Lipinski definition) is 7. The third-order valence-corrected chi connectivity index (χ3v) is 6.44. The number of aliphatic imine (C=N–C) groups is 1. The molecule has 38 heavy (non-hydrogen) atoms. The average molecular weight is 527 g/mol. The molecule has 0 heterocycles. The minimum absolute atomic E-state index is 0.00880. The molecule has 0 saturated heterocycles. The number of ether oxygens (including phenoxy) is 2. The minimum Gasteiger partial charge on any atom is -0.493 e. The van der Waals surface area contributed by atoms with Gasteiger partial charge in [0.05, 0.1) is 38.7 Å². The van der Waals surface area contributed by atoms with Crippen molar-refractivity contribution in [3.63, 3.8) is 0 Å². The topological polar surface area (TPSA) is 173 Å². The Balaban J connectivity index is 1.69. The number of rotatable bonds is 10. The molecule has 0 unspecified atom stereocenters. The largest absolute Gasteiger partial charge is 0.493 e. The maximum absolute atomic E-state index is 13.2. The van der Waals surface area contributed by atoms with Gasteiger partial charge in [-0.3, -0.25) is 19.7 Å². The molecule has 0 aliphatic heterocycles. The van der Waals surface area contributed by atoms with Crippen LogP contribution in [-0.2, 0) is 27.2 Å². The minimum atomic E-state index is -0.992. The van der Waals surface area contributed by atoms with E-state index in [0.717, 1.165) is 5.56 Å². The van der Waals surface area contributed by atoms with E-state index in [-0.39, 0.29) is 25.2 Å².